The van der Waals surface area contributed by atoms with Crippen molar-refractivity contribution in [3.8, 4) is 5.75 Å². The van der Waals surface area contributed by atoms with Gasteiger partial charge in [0.25, 0.3) is 5.91 Å². The van der Waals surface area contributed by atoms with Crippen LogP contribution in [0.1, 0.15) is 88.1 Å². The summed E-state index contributed by atoms with van der Waals surface area (Å²) in [6.45, 7) is 8.43. The number of nitrogens with one attached hydrogen (secondary N) is 1. The second-order valence-electron chi connectivity index (χ2n) is 13.0. The Hall–Kier alpha value is -2.94. The molecule has 8 nitrogen and oxygen atoms in total. The number of amides is 2. The number of hydrogen-bond acceptors (Lipinski definition) is 6. The molecule has 8 heteroatoms. The molecule has 4 atom stereocenters. The average Bonchev–Trinajstić information content (AvgIpc) is 3.03. The van der Waals surface area contributed by atoms with Crippen LogP contribution in [-0.2, 0) is 16.1 Å². The summed E-state index contributed by atoms with van der Waals surface area (Å²) < 4.78 is 12.8. The molecule has 2 aliphatic rings. The zero-order valence-electron chi connectivity index (χ0n) is 27.2. The summed E-state index contributed by atoms with van der Waals surface area (Å²) in [5.74, 6) is 0.317. The lowest BCUT2D eigenvalue weighted by Crippen LogP contribution is -2.47. The van der Waals surface area contributed by atoms with E-state index >= 15 is 0 Å². The summed E-state index contributed by atoms with van der Waals surface area (Å²) in [6, 6.07) is 15.4. The monoisotopic (exact) mass is 607 g/mol. The first-order valence-electron chi connectivity index (χ1n) is 16.6. The number of carbonyl (C=O) groups excluding carboxylic acids is 2. The minimum absolute atomic E-state index is 0.00610. The molecule has 4 rings (SSSR count). The molecule has 0 bridgehead atoms. The van der Waals surface area contributed by atoms with Crippen molar-refractivity contribution in [2.24, 2.45) is 11.8 Å². The Balaban J connectivity index is 1.59. The van der Waals surface area contributed by atoms with Crippen molar-refractivity contribution < 1.29 is 24.2 Å². The van der Waals surface area contributed by atoms with E-state index in [0.29, 0.717) is 30.2 Å². The molecule has 44 heavy (non-hydrogen) atoms. The van der Waals surface area contributed by atoms with E-state index in [1.807, 2.05) is 32.0 Å². The third-order valence-electron chi connectivity index (χ3n) is 9.08. The highest BCUT2D eigenvalue weighted by atomic mass is 16.5. The quantitative estimate of drug-likeness (QED) is 0.375. The lowest BCUT2D eigenvalue weighted by Gasteiger charge is -2.36. The third kappa shape index (κ3) is 9.78. The standard InChI is InChI=1S/C36H53N3O5/c1-26-22-39(27(2)25-40)36(42)32-21-31(37-35(41)30-16-9-6-10-17-30)18-19-33(32)44-28(3)13-11-12-20-43-34(26)24-38(4)23-29-14-7-5-8-15-29/h5,7-8,14-15,18-19,21,26-28,30,34,40H,6,9-13,16-17,20,22-25H2,1-4H3,(H,37,41)/t26-,27+,28-,34-/m1/s1. The Morgan fingerprint density at radius 1 is 1.05 bits per heavy atom. The number of hydrogen-bond donors (Lipinski definition) is 2. The number of aliphatic hydroxyl groups is 1. The van der Waals surface area contributed by atoms with Crippen LogP contribution in [0.3, 0.4) is 0 Å². The minimum atomic E-state index is -0.411. The molecule has 2 N–H and O–H groups in total. The van der Waals surface area contributed by atoms with Gasteiger partial charge in [-0.25, -0.2) is 0 Å². The highest BCUT2D eigenvalue weighted by Gasteiger charge is 2.31. The normalized spacial score (nSPS) is 23.4. The van der Waals surface area contributed by atoms with Crippen LogP contribution in [0.5, 0.6) is 5.75 Å². The molecule has 0 aromatic heterocycles. The molecule has 0 unspecified atom stereocenters. The summed E-state index contributed by atoms with van der Waals surface area (Å²) in [5.41, 5.74) is 2.24. The summed E-state index contributed by atoms with van der Waals surface area (Å²) in [7, 11) is 2.10. The molecule has 1 aliphatic carbocycles. The van der Waals surface area contributed by atoms with Crippen molar-refractivity contribution in [3.05, 3.63) is 59.7 Å². The van der Waals surface area contributed by atoms with Gasteiger partial charge in [-0.05, 0) is 76.8 Å². The zero-order chi connectivity index (χ0) is 31.5. The average molecular weight is 608 g/mol. The van der Waals surface area contributed by atoms with E-state index < -0.39 is 6.04 Å². The smallest absolute Gasteiger partial charge is 0.258 e. The van der Waals surface area contributed by atoms with Crippen LogP contribution in [-0.4, -0.2) is 78.3 Å². The van der Waals surface area contributed by atoms with Crippen LogP contribution >= 0.6 is 0 Å². The molecule has 1 heterocycles. The molecule has 1 saturated carbocycles. The Bertz CT molecular complexity index is 1190. The van der Waals surface area contributed by atoms with Crippen molar-refractivity contribution >= 4 is 17.5 Å². The van der Waals surface area contributed by atoms with Gasteiger partial charge in [0, 0.05) is 43.8 Å². The number of nitrogens with zero attached hydrogens (tertiary/aromatic N) is 2. The van der Waals surface area contributed by atoms with E-state index in [1.165, 1.54) is 12.0 Å². The van der Waals surface area contributed by atoms with E-state index in [1.54, 1.807) is 11.0 Å². The highest BCUT2D eigenvalue weighted by molar-refractivity contribution is 6.00. The van der Waals surface area contributed by atoms with E-state index in [-0.39, 0.29) is 42.5 Å². The van der Waals surface area contributed by atoms with Crippen LogP contribution in [0.15, 0.2) is 48.5 Å². The second-order valence-corrected chi connectivity index (χ2v) is 13.0. The molecule has 1 fully saturated rings. The van der Waals surface area contributed by atoms with Gasteiger partial charge < -0.3 is 24.8 Å². The predicted molar refractivity (Wildman–Crippen MR) is 175 cm³/mol. The van der Waals surface area contributed by atoms with Crippen LogP contribution in [0.25, 0.3) is 0 Å². The molecule has 0 saturated heterocycles. The molecule has 0 radical (unpaired) electrons. The Morgan fingerprint density at radius 2 is 1.77 bits per heavy atom. The van der Waals surface area contributed by atoms with Gasteiger partial charge in [-0.2, -0.15) is 0 Å². The van der Waals surface area contributed by atoms with Crippen molar-refractivity contribution in [1.82, 2.24) is 9.80 Å². The molecular weight excluding hydrogens is 554 g/mol. The minimum Gasteiger partial charge on any atom is -0.490 e. The number of ether oxygens (including phenoxy) is 2. The van der Waals surface area contributed by atoms with Crippen molar-refractivity contribution in [1.29, 1.82) is 0 Å². The number of likely N-dealkylation sites (N-methyl/N-ethyl adjacent to an activating group) is 1. The van der Waals surface area contributed by atoms with Gasteiger partial charge >= 0.3 is 0 Å². The SMILES string of the molecule is C[C@@H]1CCCCO[C@H](CN(C)Cc2ccccc2)[C@H](C)CN([C@@H](C)CO)C(=O)c2cc(NC(=O)C3CCCCC3)ccc2O1. The number of carbonyl (C=O) groups is 2. The largest absolute Gasteiger partial charge is 0.490 e. The topological polar surface area (TPSA) is 91.3 Å². The van der Waals surface area contributed by atoms with Gasteiger partial charge in [-0.3, -0.25) is 14.5 Å². The summed E-state index contributed by atoms with van der Waals surface area (Å²) >= 11 is 0. The van der Waals surface area contributed by atoms with Gasteiger partial charge in [0.1, 0.15) is 5.75 Å². The van der Waals surface area contributed by atoms with Gasteiger partial charge in [-0.1, -0.05) is 56.5 Å². The Morgan fingerprint density at radius 3 is 2.50 bits per heavy atom. The van der Waals surface area contributed by atoms with E-state index in [4.69, 9.17) is 9.47 Å². The van der Waals surface area contributed by atoms with Gasteiger partial charge in [0.15, 0.2) is 0 Å². The zero-order valence-corrected chi connectivity index (χ0v) is 27.2. The van der Waals surface area contributed by atoms with Crippen molar-refractivity contribution in [2.45, 2.75) is 96.9 Å². The maximum atomic E-state index is 14.3. The maximum Gasteiger partial charge on any atom is 0.258 e. The number of fused-ring (bicyclic) bond motifs is 1. The number of aliphatic hydroxyl groups excluding tert-OH is 1. The fourth-order valence-corrected chi connectivity index (χ4v) is 6.34. The summed E-state index contributed by atoms with van der Waals surface area (Å²) in [6.07, 6.45) is 7.66. The fourth-order valence-electron chi connectivity index (χ4n) is 6.34. The first-order valence-corrected chi connectivity index (χ1v) is 16.6. The lowest BCUT2D eigenvalue weighted by molar-refractivity contribution is -0.120. The Labute approximate surface area is 264 Å². The molecule has 1 aliphatic heterocycles. The van der Waals surface area contributed by atoms with Crippen LogP contribution < -0.4 is 10.1 Å². The molecule has 242 valence electrons. The van der Waals surface area contributed by atoms with Crippen molar-refractivity contribution in [3.63, 3.8) is 0 Å². The van der Waals surface area contributed by atoms with Crippen LogP contribution in [0, 0.1) is 11.8 Å². The van der Waals surface area contributed by atoms with E-state index in [9.17, 15) is 14.7 Å². The van der Waals surface area contributed by atoms with Crippen LogP contribution in [0.2, 0.25) is 0 Å². The van der Waals surface area contributed by atoms with Gasteiger partial charge in [-0.15, -0.1) is 0 Å². The second kappa shape index (κ2) is 16.9. The third-order valence-corrected chi connectivity index (χ3v) is 9.08. The molecule has 0 spiro atoms. The first-order chi connectivity index (χ1) is 21.2. The van der Waals surface area contributed by atoms with Crippen molar-refractivity contribution in [2.75, 3.05) is 38.7 Å². The molecule has 2 amide bonds. The fraction of sp³-hybridized carbons (Fsp3) is 0.611. The lowest BCUT2D eigenvalue weighted by atomic mass is 9.88. The first kappa shape index (κ1) is 33.9. The molecule has 2 aromatic rings. The summed E-state index contributed by atoms with van der Waals surface area (Å²) in [5, 5.41) is 13.3. The number of benzene rings is 2. The molecular formula is C36H53N3O5. The van der Waals surface area contributed by atoms with E-state index in [2.05, 4.69) is 48.5 Å². The van der Waals surface area contributed by atoms with Gasteiger partial charge in [0.2, 0.25) is 5.91 Å². The number of anilines is 1. The highest BCUT2D eigenvalue weighted by Crippen LogP contribution is 2.30. The Kier molecular flexibility index (Phi) is 13.1. The summed E-state index contributed by atoms with van der Waals surface area (Å²) in [4.78, 5) is 31.4. The van der Waals surface area contributed by atoms with Gasteiger partial charge in [0.05, 0.1) is 30.4 Å². The molecule has 2 aromatic carbocycles. The van der Waals surface area contributed by atoms with E-state index in [0.717, 1.165) is 58.0 Å². The van der Waals surface area contributed by atoms with Crippen LogP contribution in [0.4, 0.5) is 5.69 Å². The predicted octanol–water partition coefficient (Wildman–Crippen LogP) is 6.13. The number of rotatable bonds is 8. The maximum absolute atomic E-state index is 14.3.